The Hall–Kier alpha value is -3.20. The minimum absolute atomic E-state index is 0.0821. The molecule has 1 atom stereocenters. The predicted octanol–water partition coefficient (Wildman–Crippen LogP) is 2.54. The van der Waals surface area contributed by atoms with Gasteiger partial charge in [-0.3, -0.25) is 9.59 Å². The Labute approximate surface area is 177 Å². The number of aromatic nitrogens is 3. The van der Waals surface area contributed by atoms with Crippen molar-refractivity contribution in [3.05, 3.63) is 52.7 Å². The summed E-state index contributed by atoms with van der Waals surface area (Å²) in [6.07, 6.45) is 1.45. The van der Waals surface area contributed by atoms with E-state index in [4.69, 9.17) is 20.6 Å². The average Bonchev–Trinajstić information content (AvgIpc) is 3.47. The highest BCUT2D eigenvalue weighted by Crippen LogP contribution is 2.20. The number of rotatable bonds is 6. The van der Waals surface area contributed by atoms with Gasteiger partial charge in [-0.2, -0.15) is 4.98 Å². The number of carbonyl (C=O) groups is 2. The molecule has 156 valence electrons. The van der Waals surface area contributed by atoms with Crippen molar-refractivity contribution in [1.82, 2.24) is 25.5 Å². The zero-order valence-electron chi connectivity index (χ0n) is 16.3. The number of halogens is 1. The number of nitrogens with one attached hydrogen (secondary N) is 1. The lowest BCUT2D eigenvalue weighted by molar-refractivity contribution is -0.138. The number of carbonyl (C=O) groups excluding carboxylic acids is 2. The first kappa shape index (κ1) is 20.1. The summed E-state index contributed by atoms with van der Waals surface area (Å²) in [5, 5.41) is 11.1. The summed E-state index contributed by atoms with van der Waals surface area (Å²) in [4.78, 5) is 31.1. The Bertz CT molecular complexity index is 1050. The zero-order chi connectivity index (χ0) is 21.1. The minimum atomic E-state index is -0.528. The second kappa shape index (κ2) is 8.66. The number of likely N-dealkylation sites (tertiary alicyclic amines) is 1. The number of nitrogens with zero attached hydrogens (tertiary/aromatic N) is 4. The third-order valence-electron chi connectivity index (χ3n) is 4.86. The van der Waals surface area contributed by atoms with Gasteiger partial charge >= 0.3 is 0 Å². The molecule has 3 heterocycles. The number of amides is 2. The Kier molecular flexibility index (Phi) is 5.80. The topological polar surface area (TPSA) is 114 Å². The van der Waals surface area contributed by atoms with Gasteiger partial charge in [-0.15, -0.1) is 0 Å². The summed E-state index contributed by atoms with van der Waals surface area (Å²) in [5.41, 5.74) is 1.47. The van der Waals surface area contributed by atoms with Crippen molar-refractivity contribution >= 4 is 23.4 Å². The number of hydrogen-bond donors (Lipinski definition) is 1. The first-order valence-corrected chi connectivity index (χ1v) is 9.95. The van der Waals surface area contributed by atoms with Crippen LogP contribution in [0.1, 0.15) is 30.2 Å². The highest BCUT2D eigenvalue weighted by atomic mass is 35.5. The van der Waals surface area contributed by atoms with E-state index in [9.17, 15) is 9.59 Å². The quantitative estimate of drug-likeness (QED) is 0.640. The van der Waals surface area contributed by atoms with E-state index in [1.165, 1.54) is 0 Å². The van der Waals surface area contributed by atoms with Gasteiger partial charge in [0.15, 0.2) is 0 Å². The van der Waals surface area contributed by atoms with Crippen LogP contribution in [0.3, 0.4) is 0 Å². The van der Waals surface area contributed by atoms with Crippen molar-refractivity contribution in [1.29, 1.82) is 0 Å². The fraction of sp³-hybridized carbons (Fsp3) is 0.350. The third-order valence-corrected chi connectivity index (χ3v) is 5.11. The highest BCUT2D eigenvalue weighted by Gasteiger charge is 2.34. The van der Waals surface area contributed by atoms with E-state index in [-0.39, 0.29) is 30.7 Å². The van der Waals surface area contributed by atoms with E-state index in [1.807, 2.05) is 0 Å². The van der Waals surface area contributed by atoms with Crippen molar-refractivity contribution in [2.24, 2.45) is 0 Å². The molecule has 1 aliphatic rings. The molecule has 0 aliphatic carbocycles. The lowest BCUT2D eigenvalue weighted by Gasteiger charge is -2.23. The summed E-state index contributed by atoms with van der Waals surface area (Å²) in [6, 6.07) is 8.24. The molecule has 1 aliphatic heterocycles. The summed E-state index contributed by atoms with van der Waals surface area (Å²) < 4.78 is 10.3. The van der Waals surface area contributed by atoms with Gasteiger partial charge in [-0.1, -0.05) is 21.9 Å². The number of benzene rings is 1. The zero-order valence-corrected chi connectivity index (χ0v) is 17.1. The van der Waals surface area contributed by atoms with Gasteiger partial charge in [0.1, 0.15) is 11.8 Å². The molecule has 1 saturated heterocycles. The predicted molar refractivity (Wildman–Crippen MR) is 106 cm³/mol. The fourth-order valence-corrected chi connectivity index (χ4v) is 3.54. The van der Waals surface area contributed by atoms with Crippen LogP contribution in [0, 0.1) is 6.92 Å². The Balaban J connectivity index is 1.34. The average molecular weight is 430 g/mol. The molecule has 10 heteroatoms. The largest absolute Gasteiger partial charge is 0.361 e. The van der Waals surface area contributed by atoms with Gasteiger partial charge in [0.05, 0.1) is 18.7 Å². The van der Waals surface area contributed by atoms with E-state index in [2.05, 4.69) is 20.6 Å². The Morgan fingerprint density at radius 3 is 2.77 bits per heavy atom. The Morgan fingerprint density at radius 2 is 2.03 bits per heavy atom. The van der Waals surface area contributed by atoms with Crippen LogP contribution in [0.25, 0.3) is 11.4 Å². The molecule has 30 heavy (non-hydrogen) atoms. The second-order valence-corrected chi connectivity index (χ2v) is 7.53. The van der Waals surface area contributed by atoms with Crippen molar-refractivity contribution < 1.29 is 18.6 Å². The van der Waals surface area contributed by atoms with E-state index in [0.717, 1.165) is 12.0 Å². The highest BCUT2D eigenvalue weighted by molar-refractivity contribution is 6.30. The molecule has 4 rings (SSSR count). The third kappa shape index (κ3) is 4.51. The van der Waals surface area contributed by atoms with Crippen LogP contribution in [0.2, 0.25) is 5.02 Å². The molecule has 3 aromatic rings. The van der Waals surface area contributed by atoms with Crippen LogP contribution in [-0.2, 0) is 22.6 Å². The van der Waals surface area contributed by atoms with E-state index >= 15 is 0 Å². The maximum absolute atomic E-state index is 12.7. The van der Waals surface area contributed by atoms with Crippen LogP contribution in [0.5, 0.6) is 0 Å². The molecule has 0 spiro atoms. The van der Waals surface area contributed by atoms with Gasteiger partial charge in [-0.25, -0.2) is 0 Å². The number of aryl methyl sites for hydroxylation is 1. The summed E-state index contributed by atoms with van der Waals surface area (Å²) >= 11 is 5.88. The lowest BCUT2D eigenvalue weighted by atomic mass is 10.2. The monoisotopic (exact) mass is 429 g/mol. The summed E-state index contributed by atoms with van der Waals surface area (Å²) in [5.74, 6) is 0.772. The molecule has 1 N–H and O–H groups in total. The fourth-order valence-electron chi connectivity index (χ4n) is 3.41. The van der Waals surface area contributed by atoms with E-state index in [0.29, 0.717) is 35.3 Å². The van der Waals surface area contributed by atoms with Gasteiger partial charge in [0.2, 0.25) is 23.5 Å². The normalized spacial score (nSPS) is 16.1. The van der Waals surface area contributed by atoms with E-state index in [1.54, 1.807) is 42.2 Å². The summed E-state index contributed by atoms with van der Waals surface area (Å²) in [7, 11) is 0. The molecule has 0 radical (unpaired) electrons. The van der Waals surface area contributed by atoms with Crippen LogP contribution in [-0.4, -0.2) is 44.6 Å². The van der Waals surface area contributed by atoms with Crippen LogP contribution >= 0.6 is 11.6 Å². The maximum Gasteiger partial charge on any atom is 0.246 e. The van der Waals surface area contributed by atoms with Gasteiger partial charge in [0, 0.05) is 23.2 Å². The Morgan fingerprint density at radius 1 is 1.23 bits per heavy atom. The first-order valence-electron chi connectivity index (χ1n) is 9.57. The molecule has 2 amide bonds. The smallest absolute Gasteiger partial charge is 0.246 e. The van der Waals surface area contributed by atoms with Crippen molar-refractivity contribution in [3.8, 4) is 11.4 Å². The molecule has 1 fully saturated rings. The van der Waals surface area contributed by atoms with Gasteiger partial charge in [-0.05, 0) is 44.0 Å². The van der Waals surface area contributed by atoms with Crippen molar-refractivity contribution in [2.45, 2.75) is 38.8 Å². The summed E-state index contributed by atoms with van der Waals surface area (Å²) in [6.45, 7) is 2.41. The van der Waals surface area contributed by atoms with Crippen molar-refractivity contribution in [2.75, 3.05) is 6.54 Å². The lowest BCUT2D eigenvalue weighted by Crippen LogP contribution is -2.46. The van der Waals surface area contributed by atoms with Gasteiger partial charge < -0.3 is 19.3 Å². The molecule has 0 bridgehead atoms. The first-order chi connectivity index (χ1) is 14.5. The molecule has 2 aromatic heterocycles. The van der Waals surface area contributed by atoms with Crippen LogP contribution in [0.4, 0.5) is 0 Å². The molecule has 0 unspecified atom stereocenters. The molecule has 1 aromatic carbocycles. The van der Waals surface area contributed by atoms with Crippen molar-refractivity contribution in [3.63, 3.8) is 0 Å². The SMILES string of the molecule is Cc1cc(CC(=O)N2CCC[C@H]2C(=O)NCc2nc(-c3ccc(Cl)cc3)no2)on1. The number of hydrogen-bond acceptors (Lipinski definition) is 7. The van der Waals surface area contributed by atoms with Crippen LogP contribution in [0.15, 0.2) is 39.4 Å². The van der Waals surface area contributed by atoms with E-state index < -0.39 is 6.04 Å². The molecule has 0 saturated carbocycles. The molecule has 9 nitrogen and oxygen atoms in total. The minimum Gasteiger partial charge on any atom is -0.361 e. The van der Waals surface area contributed by atoms with Gasteiger partial charge in [0.25, 0.3) is 0 Å². The maximum atomic E-state index is 12.7. The molecular formula is C20H20ClN5O4. The standard InChI is InChI=1S/C20H20ClN5O4/c1-12-9-15(29-24-12)10-18(27)26-8-2-3-16(26)20(28)22-11-17-23-19(25-30-17)13-4-6-14(21)7-5-13/h4-7,9,16H,2-3,8,10-11H2,1H3,(H,22,28)/t16-/m0/s1. The second-order valence-electron chi connectivity index (χ2n) is 7.09. The molecular weight excluding hydrogens is 410 g/mol. The van der Waals surface area contributed by atoms with Crippen LogP contribution < -0.4 is 5.32 Å².